The molecule has 17 heavy (non-hydrogen) atoms. The standard InChI is InChI=1S/C16H31N/c1-16(2,3)11-10-14(12-17-15-8-9-15)13-6-4-5-7-13/h13-15,17H,4-12H2,1-3H3. The van der Waals surface area contributed by atoms with Crippen molar-refractivity contribution in [3.05, 3.63) is 0 Å². The van der Waals surface area contributed by atoms with E-state index in [1.807, 2.05) is 0 Å². The van der Waals surface area contributed by atoms with E-state index < -0.39 is 0 Å². The van der Waals surface area contributed by atoms with Gasteiger partial charge < -0.3 is 5.32 Å². The topological polar surface area (TPSA) is 12.0 Å². The molecule has 0 aromatic carbocycles. The second kappa shape index (κ2) is 5.73. The Morgan fingerprint density at radius 2 is 1.71 bits per heavy atom. The first-order valence-electron chi connectivity index (χ1n) is 7.78. The zero-order valence-corrected chi connectivity index (χ0v) is 12.1. The summed E-state index contributed by atoms with van der Waals surface area (Å²) in [7, 11) is 0. The van der Waals surface area contributed by atoms with Gasteiger partial charge in [-0.05, 0) is 49.5 Å². The van der Waals surface area contributed by atoms with Gasteiger partial charge in [0, 0.05) is 6.04 Å². The van der Waals surface area contributed by atoms with E-state index in [2.05, 4.69) is 26.1 Å². The minimum atomic E-state index is 0.510. The van der Waals surface area contributed by atoms with Gasteiger partial charge in [-0.3, -0.25) is 0 Å². The highest BCUT2D eigenvalue weighted by Crippen LogP contribution is 2.36. The second-order valence-electron chi connectivity index (χ2n) is 7.59. The Labute approximate surface area is 108 Å². The molecular formula is C16H31N. The van der Waals surface area contributed by atoms with Gasteiger partial charge in [-0.25, -0.2) is 0 Å². The SMILES string of the molecule is CC(C)(C)CCC(CNC1CC1)C1CCCC1. The predicted octanol–water partition coefficient (Wildman–Crippen LogP) is 4.37. The molecule has 2 fully saturated rings. The Morgan fingerprint density at radius 1 is 1.06 bits per heavy atom. The van der Waals surface area contributed by atoms with E-state index in [0.717, 1.165) is 17.9 Å². The van der Waals surface area contributed by atoms with Crippen LogP contribution in [0.25, 0.3) is 0 Å². The lowest BCUT2D eigenvalue weighted by atomic mass is 9.81. The predicted molar refractivity (Wildman–Crippen MR) is 75.2 cm³/mol. The molecule has 0 bridgehead atoms. The highest BCUT2D eigenvalue weighted by atomic mass is 14.9. The first kappa shape index (κ1) is 13.4. The average Bonchev–Trinajstić information content (AvgIpc) is 2.90. The third-order valence-electron chi connectivity index (χ3n) is 4.58. The molecule has 1 heteroatoms. The van der Waals surface area contributed by atoms with E-state index in [1.165, 1.54) is 57.9 Å². The fourth-order valence-corrected chi connectivity index (χ4v) is 3.16. The van der Waals surface area contributed by atoms with Crippen molar-refractivity contribution in [3.8, 4) is 0 Å². The monoisotopic (exact) mass is 237 g/mol. The molecular weight excluding hydrogens is 206 g/mol. The fourth-order valence-electron chi connectivity index (χ4n) is 3.16. The maximum Gasteiger partial charge on any atom is 0.00683 e. The molecule has 1 nitrogen and oxygen atoms in total. The summed E-state index contributed by atoms with van der Waals surface area (Å²) < 4.78 is 0. The lowest BCUT2D eigenvalue weighted by Gasteiger charge is -2.27. The maximum absolute atomic E-state index is 3.77. The summed E-state index contributed by atoms with van der Waals surface area (Å²) in [4.78, 5) is 0. The zero-order chi connectivity index (χ0) is 12.3. The van der Waals surface area contributed by atoms with Crippen molar-refractivity contribution in [2.75, 3.05) is 6.54 Å². The minimum Gasteiger partial charge on any atom is -0.314 e. The molecule has 1 N–H and O–H groups in total. The number of hydrogen-bond acceptors (Lipinski definition) is 1. The molecule has 1 unspecified atom stereocenters. The van der Waals surface area contributed by atoms with Gasteiger partial charge in [-0.2, -0.15) is 0 Å². The van der Waals surface area contributed by atoms with Crippen LogP contribution < -0.4 is 5.32 Å². The van der Waals surface area contributed by atoms with Crippen LogP contribution in [0.15, 0.2) is 0 Å². The molecule has 2 aliphatic rings. The Morgan fingerprint density at radius 3 is 2.24 bits per heavy atom. The number of nitrogens with one attached hydrogen (secondary N) is 1. The highest BCUT2D eigenvalue weighted by Gasteiger charge is 2.28. The van der Waals surface area contributed by atoms with Crippen molar-refractivity contribution in [2.45, 2.75) is 78.2 Å². The van der Waals surface area contributed by atoms with Gasteiger partial charge in [-0.1, -0.05) is 46.5 Å². The van der Waals surface area contributed by atoms with E-state index >= 15 is 0 Å². The van der Waals surface area contributed by atoms with Crippen LogP contribution in [0.4, 0.5) is 0 Å². The van der Waals surface area contributed by atoms with Gasteiger partial charge in [0.1, 0.15) is 0 Å². The van der Waals surface area contributed by atoms with Crippen molar-refractivity contribution in [2.24, 2.45) is 17.3 Å². The minimum absolute atomic E-state index is 0.510. The lowest BCUT2D eigenvalue weighted by molar-refractivity contribution is 0.252. The van der Waals surface area contributed by atoms with E-state index in [0.29, 0.717) is 5.41 Å². The van der Waals surface area contributed by atoms with Gasteiger partial charge in [0.15, 0.2) is 0 Å². The van der Waals surface area contributed by atoms with E-state index in [9.17, 15) is 0 Å². The van der Waals surface area contributed by atoms with Crippen molar-refractivity contribution in [1.29, 1.82) is 0 Å². The molecule has 2 aliphatic carbocycles. The Balaban J connectivity index is 1.77. The summed E-state index contributed by atoms with van der Waals surface area (Å²) in [5.41, 5.74) is 0.510. The quantitative estimate of drug-likeness (QED) is 0.723. The zero-order valence-electron chi connectivity index (χ0n) is 12.1. The van der Waals surface area contributed by atoms with Crippen LogP contribution in [-0.2, 0) is 0 Å². The first-order valence-corrected chi connectivity index (χ1v) is 7.78. The molecule has 0 aromatic rings. The molecule has 0 aromatic heterocycles. The Hall–Kier alpha value is -0.0400. The van der Waals surface area contributed by atoms with Crippen LogP contribution in [0.5, 0.6) is 0 Å². The summed E-state index contributed by atoms with van der Waals surface area (Å²) in [6.07, 6.45) is 11.7. The van der Waals surface area contributed by atoms with Gasteiger partial charge >= 0.3 is 0 Å². The molecule has 0 radical (unpaired) electrons. The van der Waals surface area contributed by atoms with Crippen molar-refractivity contribution in [3.63, 3.8) is 0 Å². The van der Waals surface area contributed by atoms with E-state index in [4.69, 9.17) is 0 Å². The normalized spacial score (nSPS) is 24.2. The van der Waals surface area contributed by atoms with Crippen LogP contribution in [0.1, 0.15) is 72.1 Å². The van der Waals surface area contributed by atoms with Crippen molar-refractivity contribution < 1.29 is 0 Å². The fraction of sp³-hybridized carbons (Fsp3) is 1.00. The Kier molecular flexibility index (Phi) is 4.52. The maximum atomic E-state index is 3.77. The van der Waals surface area contributed by atoms with Crippen LogP contribution in [0.3, 0.4) is 0 Å². The number of hydrogen-bond donors (Lipinski definition) is 1. The van der Waals surface area contributed by atoms with E-state index in [1.54, 1.807) is 0 Å². The molecule has 100 valence electrons. The summed E-state index contributed by atoms with van der Waals surface area (Å²) in [5, 5.41) is 3.77. The summed E-state index contributed by atoms with van der Waals surface area (Å²) >= 11 is 0. The van der Waals surface area contributed by atoms with Crippen LogP contribution in [-0.4, -0.2) is 12.6 Å². The molecule has 0 spiro atoms. The third kappa shape index (κ3) is 4.99. The third-order valence-corrected chi connectivity index (χ3v) is 4.58. The van der Waals surface area contributed by atoms with E-state index in [-0.39, 0.29) is 0 Å². The summed E-state index contributed by atoms with van der Waals surface area (Å²) in [5.74, 6) is 1.99. The molecule has 1 atom stereocenters. The molecule has 0 saturated heterocycles. The van der Waals surface area contributed by atoms with Crippen LogP contribution >= 0.6 is 0 Å². The van der Waals surface area contributed by atoms with Gasteiger partial charge in [-0.15, -0.1) is 0 Å². The smallest absolute Gasteiger partial charge is 0.00683 e. The Bertz CT molecular complexity index is 218. The molecule has 2 saturated carbocycles. The molecule has 0 heterocycles. The highest BCUT2D eigenvalue weighted by molar-refractivity contribution is 4.85. The average molecular weight is 237 g/mol. The van der Waals surface area contributed by atoms with Gasteiger partial charge in [0.25, 0.3) is 0 Å². The largest absolute Gasteiger partial charge is 0.314 e. The summed E-state index contributed by atoms with van der Waals surface area (Å²) in [6, 6.07) is 0.883. The number of rotatable bonds is 6. The van der Waals surface area contributed by atoms with Crippen molar-refractivity contribution >= 4 is 0 Å². The molecule has 2 rings (SSSR count). The first-order chi connectivity index (χ1) is 8.04. The van der Waals surface area contributed by atoms with Crippen LogP contribution in [0, 0.1) is 17.3 Å². The molecule has 0 amide bonds. The van der Waals surface area contributed by atoms with Gasteiger partial charge in [0.2, 0.25) is 0 Å². The second-order valence-corrected chi connectivity index (χ2v) is 7.59. The van der Waals surface area contributed by atoms with Gasteiger partial charge in [0.05, 0.1) is 0 Å². The van der Waals surface area contributed by atoms with Crippen molar-refractivity contribution in [1.82, 2.24) is 5.32 Å². The van der Waals surface area contributed by atoms with Crippen LogP contribution in [0.2, 0.25) is 0 Å². The summed E-state index contributed by atoms with van der Waals surface area (Å²) in [6.45, 7) is 8.44. The lowest BCUT2D eigenvalue weighted by Crippen LogP contribution is -2.29. The molecule has 0 aliphatic heterocycles.